The van der Waals surface area contributed by atoms with E-state index in [2.05, 4.69) is 48.4 Å². The highest BCUT2D eigenvalue weighted by molar-refractivity contribution is 7.18. The highest BCUT2D eigenvalue weighted by Crippen LogP contribution is 2.38. The SMILES string of the molecule is CCc1ccc(-c2ccc(-c3cc(C(C)(C)O)nn3-c3ccccc3Cl)s2)cc1. The number of halogens is 1. The number of aliphatic hydroxyl groups is 1. The number of benzene rings is 2. The van der Waals surface area contributed by atoms with E-state index >= 15 is 0 Å². The van der Waals surface area contributed by atoms with Crippen LogP contribution in [0.5, 0.6) is 0 Å². The molecule has 2 aromatic carbocycles. The molecular weight excluding hydrogens is 400 g/mol. The molecule has 2 heterocycles. The summed E-state index contributed by atoms with van der Waals surface area (Å²) in [6.45, 7) is 5.64. The van der Waals surface area contributed by atoms with Crippen LogP contribution >= 0.6 is 22.9 Å². The Bertz CT molecular complexity index is 1140. The Balaban J connectivity index is 1.81. The lowest BCUT2D eigenvalue weighted by molar-refractivity contribution is 0.0734. The van der Waals surface area contributed by atoms with E-state index < -0.39 is 5.60 Å². The third-order valence-electron chi connectivity index (χ3n) is 4.92. The van der Waals surface area contributed by atoms with Crippen LogP contribution in [0.2, 0.25) is 5.02 Å². The van der Waals surface area contributed by atoms with Gasteiger partial charge in [-0.1, -0.05) is 54.9 Å². The predicted octanol–water partition coefficient (Wildman–Crippen LogP) is 6.71. The van der Waals surface area contributed by atoms with Crippen LogP contribution in [0.4, 0.5) is 0 Å². The van der Waals surface area contributed by atoms with Crippen LogP contribution in [0.15, 0.2) is 66.7 Å². The third kappa shape index (κ3) is 4.01. The zero-order chi connectivity index (χ0) is 20.6. The molecule has 0 aliphatic heterocycles. The second-order valence-electron chi connectivity index (χ2n) is 7.55. The van der Waals surface area contributed by atoms with Crippen LogP contribution in [-0.2, 0) is 12.0 Å². The number of hydrogen-bond donors (Lipinski definition) is 1. The zero-order valence-electron chi connectivity index (χ0n) is 16.7. The molecule has 3 nitrogen and oxygen atoms in total. The minimum Gasteiger partial charge on any atom is -0.384 e. The molecule has 148 valence electrons. The summed E-state index contributed by atoms with van der Waals surface area (Å²) in [5, 5.41) is 15.8. The first-order chi connectivity index (χ1) is 13.9. The van der Waals surface area contributed by atoms with Crippen molar-refractivity contribution in [3.63, 3.8) is 0 Å². The van der Waals surface area contributed by atoms with Gasteiger partial charge in [-0.3, -0.25) is 0 Å². The lowest BCUT2D eigenvalue weighted by Gasteiger charge is -2.13. The smallest absolute Gasteiger partial charge is 0.103 e. The van der Waals surface area contributed by atoms with Crippen LogP contribution in [0, 0.1) is 0 Å². The highest BCUT2D eigenvalue weighted by Gasteiger charge is 2.24. The quantitative estimate of drug-likeness (QED) is 0.388. The summed E-state index contributed by atoms with van der Waals surface area (Å²) < 4.78 is 1.82. The van der Waals surface area contributed by atoms with Gasteiger partial charge in [0.15, 0.2) is 0 Å². The minimum absolute atomic E-state index is 0.606. The Morgan fingerprint density at radius 3 is 2.34 bits per heavy atom. The summed E-state index contributed by atoms with van der Waals surface area (Å²) in [5.41, 5.74) is 3.80. The molecule has 0 aliphatic rings. The van der Waals surface area contributed by atoms with E-state index in [1.165, 1.54) is 16.0 Å². The van der Waals surface area contributed by atoms with Crippen molar-refractivity contribution >= 4 is 22.9 Å². The molecule has 0 saturated carbocycles. The maximum atomic E-state index is 10.5. The van der Waals surface area contributed by atoms with E-state index in [4.69, 9.17) is 11.6 Å². The van der Waals surface area contributed by atoms with Gasteiger partial charge in [-0.2, -0.15) is 5.10 Å². The molecule has 5 heteroatoms. The third-order valence-corrected chi connectivity index (χ3v) is 6.40. The normalized spacial score (nSPS) is 11.8. The molecule has 0 fully saturated rings. The number of thiophene rings is 1. The summed E-state index contributed by atoms with van der Waals surface area (Å²) in [5.74, 6) is 0. The number of aromatic nitrogens is 2. The van der Waals surface area contributed by atoms with Crippen molar-refractivity contribution in [2.45, 2.75) is 32.8 Å². The van der Waals surface area contributed by atoms with Gasteiger partial charge in [0.25, 0.3) is 0 Å². The fourth-order valence-corrected chi connectivity index (χ4v) is 4.43. The van der Waals surface area contributed by atoms with E-state index in [0.717, 1.165) is 22.7 Å². The molecule has 0 spiro atoms. The van der Waals surface area contributed by atoms with E-state index in [1.54, 1.807) is 25.2 Å². The summed E-state index contributed by atoms with van der Waals surface area (Å²) in [7, 11) is 0. The molecule has 4 rings (SSSR count). The molecule has 0 aliphatic carbocycles. The van der Waals surface area contributed by atoms with Gasteiger partial charge in [-0.25, -0.2) is 4.68 Å². The molecule has 0 saturated heterocycles. The summed E-state index contributed by atoms with van der Waals surface area (Å²) in [6, 6.07) is 22.5. The van der Waals surface area contributed by atoms with Gasteiger partial charge in [0.05, 0.1) is 27.0 Å². The highest BCUT2D eigenvalue weighted by atomic mass is 35.5. The summed E-state index contributed by atoms with van der Waals surface area (Å²) in [6.07, 6.45) is 1.03. The van der Waals surface area contributed by atoms with Crippen molar-refractivity contribution in [1.82, 2.24) is 9.78 Å². The van der Waals surface area contributed by atoms with Gasteiger partial charge >= 0.3 is 0 Å². The van der Waals surface area contributed by atoms with Gasteiger partial charge in [0, 0.05) is 4.88 Å². The maximum Gasteiger partial charge on any atom is 0.103 e. The van der Waals surface area contributed by atoms with Gasteiger partial charge in [0.1, 0.15) is 5.60 Å². The lowest BCUT2D eigenvalue weighted by Crippen LogP contribution is -2.16. The molecule has 0 atom stereocenters. The van der Waals surface area contributed by atoms with Crippen molar-refractivity contribution in [2.75, 3.05) is 0 Å². The largest absolute Gasteiger partial charge is 0.384 e. The van der Waals surface area contributed by atoms with Gasteiger partial charge < -0.3 is 5.11 Å². The average molecular weight is 423 g/mol. The van der Waals surface area contributed by atoms with E-state index in [9.17, 15) is 5.11 Å². The Kier molecular flexibility index (Phi) is 5.34. The molecule has 4 aromatic rings. The second kappa shape index (κ2) is 7.79. The molecular formula is C24H23ClN2OS. The standard InChI is InChI=1S/C24H23ClN2OS/c1-4-16-9-11-17(12-10-16)21-13-14-22(29-21)20-15-23(24(2,3)28)26-27(20)19-8-6-5-7-18(19)25/h5-15,28H,4H2,1-3H3. The topological polar surface area (TPSA) is 38.1 Å². The first-order valence-corrected chi connectivity index (χ1v) is 10.8. The Hall–Kier alpha value is -2.40. The van der Waals surface area contributed by atoms with Crippen molar-refractivity contribution in [2.24, 2.45) is 0 Å². The predicted molar refractivity (Wildman–Crippen MR) is 122 cm³/mol. The van der Waals surface area contributed by atoms with E-state index in [1.807, 2.05) is 35.0 Å². The molecule has 29 heavy (non-hydrogen) atoms. The lowest BCUT2D eigenvalue weighted by atomic mass is 10.1. The van der Waals surface area contributed by atoms with Crippen molar-refractivity contribution < 1.29 is 5.11 Å². The molecule has 0 bridgehead atoms. The van der Waals surface area contributed by atoms with Gasteiger partial charge in [0.2, 0.25) is 0 Å². The molecule has 0 radical (unpaired) electrons. The maximum absolute atomic E-state index is 10.5. The van der Waals surface area contributed by atoms with Crippen molar-refractivity contribution in [3.05, 3.63) is 83.0 Å². The minimum atomic E-state index is -1.04. The number of para-hydroxylation sites is 1. The molecule has 0 amide bonds. The number of rotatable bonds is 5. The summed E-state index contributed by atoms with van der Waals surface area (Å²) in [4.78, 5) is 2.27. The van der Waals surface area contributed by atoms with Crippen LogP contribution in [-0.4, -0.2) is 14.9 Å². The van der Waals surface area contributed by atoms with Gasteiger partial charge in [-0.15, -0.1) is 11.3 Å². The first-order valence-electron chi connectivity index (χ1n) is 9.64. The van der Waals surface area contributed by atoms with Crippen molar-refractivity contribution in [1.29, 1.82) is 0 Å². The van der Waals surface area contributed by atoms with E-state index in [0.29, 0.717) is 10.7 Å². The molecule has 1 N–H and O–H groups in total. The number of nitrogens with zero attached hydrogens (tertiary/aromatic N) is 2. The van der Waals surface area contributed by atoms with E-state index in [-0.39, 0.29) is 0 Å². The monoisotopic (exact) mass is 422 g/mol. The summed E-state index contributed by atoms with van der Waals surface area (Å²) >= 11 is 8.16. The van der Waals surface area contributed by atoms with Crippen molar-refractivity contribution in [3.8, 4) is 26.7 Å². The first kappa shape index (κ1) is 19.9. The Labute approximate surface area is 180 Å². The second-order valence-corrected chi connectivity index (χ2v) is 9.04. The zero-order valence-corrected chi connectivity index (χ0v) is 18.3. The van der Waals surface area contributed by atoms with Crippen LogP contribution in [0.1, 0.15) is 32.0 Å². The average Bonchev–Trinajstić information content (AvgIpc) is 3.35. The number of hydrogen-bond acceptors (Lipinski definition) is 3. The van der Waals surface area contributed by atoms with Crippen LogP contribution in [0.3, 0.4) is 0 Å². The number of aryl methyl sites for hydroxylation is 1. The molecule has 0 unspecified atom stereocenters. The Morgan fingerprint density at radius 2 is 1.69 bits per heavy atom. The van der Waals surface area contributed by atoms with Gasteiger partial charge in [-0.05, 0) is 61.7 Å². The molecule has 2 aromatic heterocycles. The van der Waals surface area contributed by atoms with Crippen LogP contribution in [0.25, 0.3) is 26.7 Å². The fraction of sp³-hybridized carbons (Fsp3) is 0.208. The van der Waals surface area contributed by atoms with Crippen LogP contribution < -0.4 is 0 Å². The fourth-order valence-electron chi connectivity index (χ4n) is 3.20. The Morgan fingerprint density at radius 1 is 1.00 bits per heavy atom.